The van der Waals surface area contributed by atoms with Gasteiger partial charge in [0.05, 0.1) is 18.8 Å². The van der Waals surface area contributed by atoms with Gasteiger partial charge in [0.15, 0.2) is 5.71 Å². The molecule has 0 N–H and O–H groups in total. The van der Waals surface area contributed by atoms with Crippen LogP contribution in [0.25, 0.3) is 0 Å². The average Bonchev–Trinajstić information content (AvgIpc) is 2.61. The highest BCUT2D eigenvalue weighted by atomic mass is 16.5. The van der Waals surface area contributed by atoms with Crippen molar-refractivity contribution in [3.8, 4) is 0 Å². The molecule has 0 unspecified atom stereocenters. The van der Waals surface area contributed by atoms with Gasteiger partial charge in [-0.15, -0.1) is 0 Å². The third-order valence-corrected chi connectivity index (χ3v) is 2.50. The molecule has 0 aliphatic carbocycles. The van der Waals surface area contributed by atoms with Crippen LogP contribution in [0.5, 0.6) is 0 Å². The van der Waals surface area contributed by atoms with Crippen molar-refractivity contribution >= 4 is 11.7 Å². The van der Waals surface area contributed by atoms with Crippen molar-refractivity contribution in [1.82, 2.24) is 4.57 Å². The minimum Gasteiger partial charge on any atom is -0.461 e. The van der Waals surface area contributed by atoms with Gasteiger partial charge in [-0.05, 0) is 26.0 Å². The lowest BCUT2D eigenvalue weighted by Gasteiger charge is -2.16. The Kier molecular flexibility index (Phi) is 2.58. The summed E-state index contributed by atoms with van der Waals surface area (Å²) in [5.74, 6) is -0.323. The molecule has 0 radical (unpaired) electrons. The van der Waals surface area contributed by atoms with Crippen LogP contribution in [-0.4, -0.2) is 29.4 Å². The maximum Gasteiger partial charge on any atom is 0.358 e. The fraction of sp³-hybridized carbons (Fsp3) is 0.455. The van der Waals surface area contributed by atoms with Crippen LogP contribution in [0.3, 0.4) is 0 Å². The number of fused-ring (bicyclic) bond motifs is 1. The number of aryl methyl sites for hydroxylation is 1. The van der Waals surface area contributed by atoms with Gasteiger partial charge < -0.3 is 9.30 Å². The second-order valence-electron chi connectivity index (χ2n) is 3.46. The fourth-order valence-corrected chi connectivity index (χ4v) is 1.78. The van der Waals surface area contributed by atoms with E-state index in [1.54, 1.807) is 6.92 Å². The Bertz CT molecular complexity index is 418. The van der Waals surface area contributed by atoms with Crippen molar-refractivity contribution in [2.24, 2.45) is 4.99 Å². The maximum absolute atomic E-state index is 11.6. The van der Waals surface area contributed by atoms with E-state index in [1.807, 2.05) is 19.1 Å². The minimum absolute atomic E-state index is 0.323. The summed E-state index contributed by atoms with van der Waals surface area (Å²) in [4.78, 5) is 15.8. The molecule has 4 nitrogen and oxygen atoms in total. The SMILES string of the molecule is CCOC(=O)C1=NCCn2c(C)ccc21. The van der Waals surface area contributed by atoms with Crippen molar-refractivity contribution in [3.05, 3.63) is 23.5 Å². The number of carbonyl (C=O) groups is 1. The van der Waals surface area contributed by atoms with Gasteiger partial charge in [-0.3, -0.25) is 4.99 Å². The highest BCUT2D eigenvalue weighted by Gasteiger charge is 2.22. The second kappa shape index (κ2) is 3.88. The lowest BCUT2D eigenvalue weighted by Crippen LogP contribution is -2.27. The summed E-state index contributed by atoms with van der Waals surface area (Å²) in [5.41, 5.74) is 2.48. The number of carbonyl (C=O) groups excluding carboxylic acids is 1. The molecule has 0 spiro atoms. The number of rotatable bonds is 2. The van der Waals surface area contributed by atoms with E-state index in [9.17, 15) is 4.79 Å². The highest BCUT2D eigenvalue weighted by molar-refractivity contribution is 6.43. The number of nitrogens with zero attached hydrogens (tertiary/aromatic N) is 2. The molecule has 1 aromatic rings. The smallest absolute Gasteiger partial charge is 0.358 e. The third-order valence-electron chi connectivity index (χ3n) is 2.50. The van der Waals surface area contributed by atoms with E-state index >= 15 is 0 Å². The van der Waals surface area contributed by atoms with Gasteiger partial charge in [0.2, 0.25) is 0 Å². The Morgan fingerprint density at radius 3 is 3.13 bits per heavy atom. The maximum atomic E-state index is 11.6. The first-order chi connectivity index (χ1) is 7.24. The molecule has 0 bridgehead atoms. The summed E-state index contributed by atoms with van der Waals surface area (Å²) in [5, 5.41) is 0. The molecule has 0 aromatic carbocycles. The Hall–Kier alpha value is -1.58. The van der Waals surface area contributed by atoms with Crippen molar-refractivity contribution in [3.63, 3.8) is 0 Å². The minimum atomic E-state index is -0.323. The summed E-state index contributed by atoms with van der Waals surface area (Å²) in [6.07, 6.45) is 0. The number of ether oxygens (including phenoxy) is 1. The molecule has 0 fully saturated rings. The Labute approximate surface area is 88.6 Å². The molecule has 15 heavy (non-hydrogen) atoms. The molecular formula is C11H14N2O2. The topological polar surface area (TPSA) is 43.6 Å². The van der Waals surface area contributed by atoms with E-state index in [-0.39, 0.29) is 5.97 Å². The fourth-order valence-electron chi connectivity index (χ4n) is 1.78. The van der Waals surface area contributed by atoms with Crippen LogP contribution >= 0.6 is 0 Å². The van der Waals surface area contributed by atoms with Crippen molar-refractivity contribution in [2.75, 3.05) is 13.2 Å². The van der Waals surface area contributed by atoms with E-state index in [1.165, 1.54) is 0 Å². The molecule has 1 aliphatic heterocycles. The number of aromatic nitrogens is 1. The van der Waals surface area contributed by atoms with Crippen molar-refractivity contribution in [1.29, 1.82) is 0 Å². The van der Waals surface area contributed by atoms with Crippen molar-refractivity contribution in [2.45, 2.75) is 20.4 Å². The lowest BCUT2D eigenvalue weighted by molar-refractivity contribution is -0.135. The molecule has 1 aliphatic rings. The van der Waals surface area contributed by atoms with E-state index in [0.29, 0.717) is 18.9 Å². The van der Waals surface area contributed by atoms with Gasteiger partial charge in [-0.1, -0.05) is 0 Å². The zero-order chi connectivity index (χ0) is 10.8. The van der Waals surface area contributed by atoms with Gasteiger partial charge in [-0.2, -0.15) is 0 Å². The standard InChI is InChI=1S/C11H14N2O2/c1-3-15-11(14)10-9-5-4-8(2)13(9)7-6-12-10/h4-5H,3,6-7H2,1-2H3. The first-order valence-corrected chi connectivity index (χ1v) is 5.12. The molecular weight excluding hydrogens is 192 g/mol. The van der Waals surface area contributed by atoms with Gasteiger partial charge in [0.25, 0.3) is 0 Å². The second-order valence-corrected chi connectivity index (χ2v) is 3.46. The lowest BCUT2D eigenvalue weighted by atomic mass is 10.2. The molecule has 1 aromatic heterocycles. The van der Waals surface area contributed by atoms with Crippen LogP contribution in [-0.2, 0) is 16.1 Å². The molecule has 0 atom stereocenters. The summed E-state index contributed by atoms with van der Waals surface area (Å²) >= 11 is 0. The van der Waals surface area contributed by atoms with E-state index in [0.717, 1.165) is 17.9 Å². The third kappa shape index (κ3) is 1.67. The van der Waals surface area contributed by atoms with Crippen LogP contribution in [0, 0.1) is 6.92 Å². The molecule has 0 amide bonds. The van der Waals surface area contributed by atoms with E-state index in [4.69, 9.17) is 4.74 Å². The number of hydrogen-bond donors (Lipinski definition) is 0. The predicted molar refractivity (Wildman–Crippen MR) is 57.2 cm³/mol. The average molecular weight is 206 g/mol. The Balaban J connectivity index is 2.34. The normalized spacial score (nSPS) is 14.4. The number of aliphatic imine (C=N–C) groups is 1. The Morgan fingerprint density at radius 1 is 1.60 bits per heavy atom. The molecule has 80 valence electrons. The van der Waals surface area contributed by atoms with Crippen molar-refractivity contribution < 1.29 is 9.53 Å². The van der Waals surface area contributed by atoms with E-state index in [2.05, 4.69) is 9.56 Å². The zero-order valence-electron chi connectivity index (χ0n) is 8.99. The number of hydrogen-bond acceptors (Lipinski definition) is 3. The summed E-state index contributed by atoms with van der Waals surface area (Å²) in [6.45, 7) is 5.70. The largest absolute Gasteiger partial charge is 0.461 e. The van der Waals surface area contributed by atoms with Crippen LogP contribution in [0.2, 0.25) is 0 Å². The van der Waals surface area contributed by atoms with Crippen LogP contribution in [0.1, 0.15) is 18.3 Å². The predicted octanol–water partition coefficient (Wildman–Crippen LogP) is 1.16. The van der Waals surface area contributed by atoms with E-state index < -0.39 is 0 Å². The van der Waals surface area contributed by atoms with Crippen LogP contribution in [0.15, 0.2) is 17.1 Å². The zero-order valence-corrected chi connectivity index (χ0v) is 8.99. The first kappa shape index (κ1) is 9.96. The summed E-state index contributed by atoms with van der Waals surface area (Å²) in [6, 6.07) is 3.92. The van der Waals surface area contributed by atoms with Gasteiger partial charge in [0, 0.05) is 12.2 Å². The molecule has 0 saturated carbocycles. The van der Waals surface area contributed by atoms with Crippen LogP contribution in [0.4, 0.5) is 0 Å². The number of esters is 1. The summed E-state index contributed by atoms with van der Waals surface area (Å²) in [7, 11) is 0. The Morgan fingerprint density at radius 2 is 2.40 bits per heavy atom. The van der Waals surface area contributed by atoms with Gasteiger partial charge in [-0.25, -0.2) is 4.79 Å². The molecule has 2 heterocycles. The van der Waals surface area contributed by atoms with Gasteiger partial charge >= 0.3 is 5.97 Å². The highest BCUT2D eigenvalue weighted by Crippen LogP contribution is 2.14. The van der Waals surface area contributed by atoms with Gasteiger partial charge in [0.1, 0.15) is 0 Å². The molecule has 0 saturated heterocycles. The molecule has 4 heteroatoms. The monoisotopic (exact) mass is 206 g/mol. The molecule has 2 rings (SSSR count). The van der Waals surface area contributed by atoms with Crippen LogP contribution < -0.4 is 0 Å². The first-order valence-electron chi connectivity index (χ1n) is 5.12. The summed E-state index contributed by atoms with van der Waals surface area (Å²) < 4.78 is 7.06. The quantitative estimate of drug-likeness (QED) is 0.681.